The standard InChI is InChI=1S/C19H17F2NO3/c20-13-8-9-15(16(21)10-13)19(24)25-11-18(23)22-17-7-3-5-12-4-1-2-6-14(12)17/h1-2,4,6,8-10,17H,3,5,7,11H2,(H,22,23)/t17-/m1/s1. The number of ether oxygens (including phenoxy) is 1. The summed E-state index contributed by atoms with van der Waals surface area (Å²) in [5.74, 6) is -3.27. The Kier molecular flexibility index (Phi) is 5.07. The lowest BCUT2D eigenvalue weighted by Gasteiger charge is -2.26. The lowest BCUT2D eigenvalue weighted by molar-refractivity contribution is -0.125. The van der Waals surface area contributed by atoms with Crippen LogP contribution in [0.4, 0.5) is 8.78 Å². The summed E-state index contributed by atoms with van der Waals surface area (Å²) in [7, 11) is 0. The summed E-state index contributed by atoms with van der Waals surface area (Å²) in [5, 5.41) is 2.84. The maximum absolute atomic E-state index is 13.5. The van der Waals surface area contributed by atoms with Crippen molar-refractivity contribution in [3.05, 3.63) is 70.8 Å². The van der Waals surface area contributed by atoms with Gasteiger partial charge in [0, 0.05) is 6.07 Å². The molecular weight excluding hydrogens is 328 g/mol. The van der Waals surface area contributed by atoms with Crippen molar-refractivity contribution in [2.24, 2.45) is 0 Å². The van der Waals surface area contributed by atoms with Crippen LogP contribution in [0.2, 0.25) is 0 Å². The van der Waals surface area contributed by atoms with Gasteiger partial charge in [0.1, 0.15) is 11.6 Å². The number of amides is 1. The van der Waals surface area contributed by atoms with Crippen molar-refractivity contribution in [1.29, 1.82) is 0 Å². The van der Waals surface area contributed by atoms with Crippen LogP contribution in [0, 0.1) is 11.6 Å². The maximum Gasteiger partial charge on any atom is 0.341 e. The first-order valence-corrected chi connectivity index (χ1v) is 8.04. The quantitative estimate of drug-likeness (QED) is 0.865. The molecule has 0 spiro atoms. The smallest absolute Gasteiger partial charge is 0.341 e. The molecule has 0 radical (unpaired) electrons. The van der Waals surface area contributed by atoms with E-state index in [2.05, 4.69) is 5.32 Å². The van der Waals surface area contributed by atoms with Gasteiger partial charge in [0.05, 0.1) is 11.6 Å². The van der Waals surface area contributed by atoms with Crippen LogP contribution < -0.4 is 5.32 Å². The second-order valence-corrected chi connectivity index (χ2v) is 5.91. The van der Waals surface area contributed by atoms with E-state index in [0.29, 0.717) is 6.07 Å². The molecule has 0 bridgehead atoms. The van der Waals surface area contributed by atoms with Gasteiger partial charge >= 0.3 is 5.97 Å². The van der Waals surface area contributed by atoms with Crippen molar-refractivity contribution in [2.45, 2.75) is 25.3 Å². The van der Waals surface area contributed by atoms with Crippen LogP contribution in [0.25, 0.3) is 0 Å². The van der Waals surface area contributed by atoms with Crippen molar-refractivity contribution in [3.63, 3.8) is 0 Å². The van der Waals surface area contributed by atoms with Gasteiger partial charge < -0.3 is 10.1 Å². The first-order valence-electron chi connectivity index (χ1n) is 8.04. The van der Waals surface area contributed by atoms with E-state index in [1.54, 1.807) is 0 Å². The Bertz CT molecular complexity index is 807. The second-order valence-electron chi connectivity index (χ2n) is 5.91. The van der Waals surface area contributed by atoms with Crippen LogP contribution in [-0.2, 0) is 16.0 Å². The number of benzene rings is 2. The average molecular weight is 345 g/mol. The lowest BCUT2D eigenvalue weighted by Crippen LogP contribution is -2.34. The first kappa shape index (κ1) is 17.1. The zero-order chi connectivity index (χ0) is 17.8. The molecule has 0 fully saturated rings. The minimum atomic E-state index is -1.02. The van der Waals surface area contributed by atoms with Crippen molar-refractivity contribution < 1.29 is 23.1 Å². The number of esters is 1. The molecule has 130 valence electrons. The Balaban J connectivity index is 1.58. The number of halogens is 2. The Morgan fingerprint density at radius 3 is 2.76 bits per heavy atom. The van der Waals surface area contributed by atoms with Crippen molar-refractivity contribution in [1.82, 2.24) is 5.32 Å². The number of hydrogen-bond donors (Lipinski definition) is 1. The number of rotatable bonds is 4. The van der Waals surface area contributed by atoms with E-state index in [-0.39, 0.29) is 6.04 Å². The number of fused-ring (bicyclic) bond motifs is 1. The molecule has 6 heteroatoms. The molecule has 1 amide bonds. The van der Waals surface area contributed by atoms with Crippen LogP contribution in [-0.4, -0.2) is 18.5 Å². The molecule has 0 saturated heterocycles. The highest BCUT2D eigenvalue weighted by atomic mass is 19.1. The molecule has 1 aliphatic rings. The average Bonchev–Trinajstić information content (AvgIpc) is 2.60. The molecular formula is C19H17F2NO3. The Hall–Kier alpha value is -2.76. The number of hydrogen-bond acceptors (Lipinski definition) is 3. The van der Waals surface area contributed by atoms with Gasteiger partial charge in [-0.1, -0.05) is 24.3 Å². The van der Waals surface area contributed by atoms with Crippen molar-refractivity contribution in [2.75, 3.05) is 6.61 Å². The highest BCUT2D eigenvalue weighted by Gasteiger charge is 2.22. The predicted molar refractivity (Wildman–Crippen MR) is 86.9 cm³/mol. The van der Waals surface area contributed by atoms with Crippen LogP contribution in [0.5, 0.6) is 0 Å². The van der Waals surface area contributed by atoms with Crippen molar-refractivity contribution >= 4 is 11.9 Å². The molecule has 4 nitrogen and oxygen atoms in total. The largest absolute Gasteiger partial charge is 0.452 e. The van der Waals surface area contributed by atoms with Gasteiger partial charge in [0.15, 0.2) is 6.61 Å². The van der Waals surface area contributed by atoms with E-state index in [9.17, 15) is 18.4 Å². The third-order valence-corrected chi connectivity index (χ3v) is 4.19. The fraction of sp³-hybridized carbons (Fsp3) is 0.263. The summed E-state index contributed by atoms with van der Waals surface area (Å²) in [6, 6.07) is 10.3. The normalized spacial score (nSPS) is 16.0. The molecule has 1 aliphatic carbocycles. The summed E-state index contributed by atoms with van der Waals surface area (Å²) in [5.41, 5.74) is 1.86. The molecule has 0 aromatic heterocycles. The monoisotopic (exact) mass is 345 g/mol. The molecule has 0 unspecified atom stereocenters. The SMILES string of the molecule is O=C(COC(=O)c1ccc(F)cc1F)N[C@@H]1CCCc2ccccc21. The van der Waals surface area contributed by atoms with E-state index in [1.807, 2.05) is 24.3 Å². The van der Waals surface area contributed by atoms with Gasteiger partial charge in [-0.3, -0.25) is 4.79 Å². The molecule has 1 N–H and O–H groups in total. The van der Waals surface area contributed by atoms with Gasteiger partial charge in [-0.2, -0.15) is 0 Å². The lowest BCUT2D eigenvalue weighted by atomic mass is 9.88. The zero-order valence-corrected chi connectivity index (χ0v) is 13.4. The molecule has 0 heterocycles. The Morgan fingerprint density at radius 2 is 1.96 bits per heavy atom. The van der Waals surface area contributed by atoms with Gasteiger partial charge in [-0.05, 0) is 42.5 Å². The van der Waals surface area contributed by atoms with E-state index in [0.717, 1.165) is 37.0 Å². The highest BCUT2D eigenvalue weighted by Crippen LogP contribution is 2.29. The number of aryl methyl sites for hydroxylation is 1. The van der Waals surface area contributed by atoms with E-state index in [4.69, 9.17) is 4.74 Å². The molecule has 3 rings (SSSR count). The van der Waals surface area contributed by atoms with Gasteiger partial charge in [-0.15, -0.1) is 0 Å². The van der Waals surface area contributed by atoms with Gasteiger partial charge in [-0.25, -0.2) is 13.6 Å². The second kappa shape index (κ2) is 7.42. The zero-order valence-electron chi connectivity index (χ0n) is 13.4. The summed E-state index contributed by atoms with van der Waals surface area (Å²) < 4.78 is 31.2. The van der Waals surface area contributed by atoms with Crippen LogP contribution in [0.1, 0.15) is 40.4 Å². The van der Waals surface area contributed by atoms with Gasteiger partial charge in [0.2, 0.25) is 0 Å². The molecule has 2 aromatic rings. The number of carbonyl (C=O) groups is 2. The summed E-state index contributed by atoms with van der Waals surface area (Å²) in [6.45, 7) is -0.520. The summed E-state index contributed by atoms with van der Waals surface area (Å²) >= 11 is 0. The summed E-state index contributed by atoms with van der Waals surface area (Å²) in [6.07, 6.45) is 2.74. The molecule has 0 saturated carbocycles. The molecule has 2 aromatic carbocycles. The molecule has 25 heavy (non-hydrogen) atoms. The first-order chi connectivity index (χ1) is 12.0. The fourth-order valence-electron chi connectivity index (χ4n) is 3.00. The van der Waals surface area contributed by atoms with E-state index >= 15 is 0 Å². The Labute approximate surface area is 143 Å². The summed E-state index contributed by atoms with van der Waals surface area (Å²) in [4.78, 5) is 23.9. The number of nitrogens with one attached hydrogen (secondary N) is 1. The highest BCUT2D eigenvalue weighted by molar-refractivity contribution is 5.91. The Morgan fingerprint density at radius 1 is 1.16 bits per heavy atom. The van der Waals surface area contributed by atoms with E-state index < -0.39 is 35.7 Å². The maximum atomic E-state index is 13.5. The van der Waals surface area contributed by atoms with Gasteiger partial charge in [0.25, 0.3) is 5.91 Å². The van der Waals surface area contributed by atoms with Crippen molar-refractivity contribution in [3.8, 4) is 0 Å². The minimum Gasteiger partial charge on any atom is -0.452 e. The topological polar surface area (TPSA) is 55.4 Å². The predicted octanol–water partition coefficient (Wildman–Crippen LogP) is 3.32. The number of carbonyl (C=O) groups excluding carboxylic acids is 2. The minimum absolute atomic E-state index is 0.126. The fourth-order valence-corrected chi connectivity index (χ4v) is 3.00. The third kappa shape index (κ3) is 4.02. The molecule has 0 aliphatic heterocycles. The van der Waals surface area contributed by atoms with Crippen LogP contribution >= 0.6 is 0 Å². The third-order valence-electron chi connectivity index (χ3n) is 4.19. The van der Waals surface area contributed by atoms with E-state index in [1.165, 1.54) is 5.56 Å². The van der Waals surface area contributed by atoms with Crippen LogP contribution in [0.3, 0.4) is 0 Å². The molecule has 1 atom stereocenters. The van der Waals surface area contributed by atoms with Crippen LogP contribution in [0.15, 0.2) is 42.5 Å².